The molecule has 10 rings (SSSR count). The van der Waals surface area contributed by atoms with Crippen molar-refractivity contribution in [2.45, 2.75) is 13.8 Å². The van der Waals surface area contributed by atoms with Crippen molar-refractivity contribution in [1.82, 2.24) is 4.57 Å². The Morgan fingerprint density at radius 3 is 1.40 bits per heavy atom. The average Bonchev–Trinajstić information content (AvgIpc) is 3.62. The molecule has 276 valence electrons. The highest BCUT2D eigenvalue weighted by Gasteiger charge is 2.17. The number of rotatable bonds is 8. The monoisotopic (exact) mass is 742 g/mol. The Labute approximate surface area is 340 Å². The van der Waals surface area contributed by atoms with Gasteiger partial charge in [0.2, 0.25) is 0 Å². The molecule has 1 heterocycles. The molecule has 0 unspecified atom stereocenters. The van der Waals surface area contributed by atoms with Crippen molar-refractivity contribution < 1.29 is 0 Å². The van der Waals surface area contributed by atoms with E-state index in [2.05, 4.69) is 242 Å². The van der Waals surface area contributed by atoms with E-state index in [0.29, 0.717) is 0 Å². The largest absolute Gasteiger partial charge is 0.310 e. The fourth-order valence-corrected chi connectivity index (χ4v) is 8.51. The van der Waals surface area contributed by atoms with Crippen LogP contribution in [0.5, 0.6) is 0 Å². The molecule has 0 aliphatic rings. The number of aryl methyl sites for hydroxylation is 2. The van der Waals surface area contributed by atoms with Crippen LogP contribution in [0.4, 0.5) is 17.1 Å². The maximum absolute atomic E-state index is 2.39. The highest BCUT2D eigenvalue weighted by atomic mass is 15.1. The Balaban J connectivity index is 1.02. The number of para-hydroxylation sites is 1. The summed E-state index contributed by atoms with van der Waals surface area (Å²) in [4.78, 5) is 2.37. The van der Waals surface area contributed by atoms with E-state index in [-0.39, 0.29) is 0 Å². The lowest BCUT2D eigenvalue weighted by molar-refractivity contribution is 1.18. The summed E-state index contributed by atoms with van der Waals surface area (Å²) in [5.41, 5.74) is 19.2. The van der Waals surface area contributed by atoms with Crippen LogP contribution < -0.4 is 4.90 Å². The van der Waals surface area contributed by atoms with Gasteiger partial charge in [0.25, 0.3) is 0 Å². The van der Waals surface area contributed by atoms with Gasteiger partial charge in [0.05, 0.1) is 11.0 Å². The van der Waals surface area contributed by atoms with Gasteiger partial charge in [-0.15, -0.1) is 0 Å². The second-order valence-corrected chi connectivity index (χ2v) is 15.1. The van der Waals surface area contributed by atoms with E-state index in [0.717, 1.165) is 22.7 Å². The molecule has 0 aliphatic carbocycles. The molecule has 0 bridgehead atoms. The van der Waals surface area contributed by atoms with Gasteiger partial charge in [-0.2, -0.15) is 0 Å². The summed E-state index contributed by atoms with van der Waals surface area (Å²) < 4.78 is 2.39. The fourth-order valence-electron chi connectivity index (χ4n) is 8.51. The van der Waals surface area contributed by atoms with Gasteiger partial charge in [-0.05, 0) is 136 Å². The standard InChI is InChI=1S/C56H42N2/c1-39-13-9-10-18-51(39)52-35-34-50(37-40(52)2)57(47-28-21-43(22-29-47)41-14-5-3-6-15-41)48-30-25-45(26-31-48)46-27-36-56-54(38-46)53-19-11-12-20-55(53)58(56)49-32-23-44(24-33-49)42-16-7-4-8-17-42/h3-38H,1-2H3. The SMILES string of the molecule is Cc1ccccc1-c1ccc(N(c2ccc(-c3ccccc3)cc2)c2ccc(-c3ccc4c(c3)c3ccccc3n4-c3ccc(-c4ccccc4)cc3)cc2)cc1C. The highest BCUT2D eigenvalue weighted by molar-refractivity contribution is 6.10. The third kappa shape index (κ3) is 6.45. The summed E-state index contributed by atoms with van der Waals surface area (Å²) in [6.07, 6.45) is 0. The molecule has 0 atom stereocenters. The van der Waals surface area contributed by atoms with Crippen LogP contribution in [0.25, 0.3) is 72.0 Å². The predicted octanol–water partition coefficient (Wildman–Crippen LogP) is 15.5. The first-order valence-electron chi connectivity index (χ1n) is 20.0. The van der Waals surface area contributed by atoms with E-state index in [9.17, 15) is 0 Å². The molecule has 0 saturated carbocycles. The molecule has 1 aromatic heterocycles. The molecule has 58 heavy (non-hydrogen) atoms. The number of fused-ring (bicyclic) bond motifs is 3. The Morgan fingerprint density at radius 2 is 0.776 bits per heavy atom. The zero-order valence-electron chi connectivity index (χ0n) is 32.7. The summed E-state index contributed by atoms with van der Waals surface area (Å²) in [6, 6.07) is 79.2. The third-order valence-electron chi connectivity index (χ3n) is 11.5. The van der Waals surface area contributed by atoms with E-state index in [1.165, 1.54) is 77.4 Å². The Bertz CT molecular complexity index is 3030. The van der Waals surface area contributed by atoms with Crippen LogP contribution in [0.3, 0.4) is 0 Å². The maximum Gasteiger partial charge on any atom is 0.0541 e. The molecule has 0 fully saturated rings. The van der Waals surface area contributed by atoms with E-state index < -0.39 is 0 Å². The molecule has 0 aliphatic heterocycles. The van der Waals surface area contributed by atoms with E-state index in [1.807, 2.05) is 0 Å². The second kappa shape index (κ2) is 14.9. The van der Waals surface area contributed by atoms with Crippen molar-refractivity contribution in [2.24, 2.45) is 0 Å². The first-order chi connectivity index (χ1) is 28.6. The normalized spacial score (nSPS) is 11.3. The van der Waals surface area contributed by atoms with Gasteiger partial charge in [0.1, 0.15) is 0 Å². The summed E-state index contributed by atoms with van der Waals surface area (Å²) in [6.45, 7) is 4.41. The molecule has 0 N–H and O–H groups in total. The predicted molar refractivity (Wildman–Crippen MR) is 247 cm³/mol. The average molecular weight is 743 g/mol. The molecule has 0 radical (unpaired) electrons. The van der Waals surface area contributed by atoms with Crippen molar-refractivity contribution >= 4 is 38.9 Å². The minimum Gasteiger partial charge on any atom is -0.310 e. The quantitative estimate of drug-likeness (QED) is 0.150. The summed E-state index contributed by atoms with van der Waals surface area (Å²) in [5.74, 6) is 0. The topological polar surface area (TPSA) is 8.17 Å². The maximum atomic E-state index is 2.39. The zero-order valence-corrected chi connectivity index (χ0v) is 32.7. The molecule has 0 saturated heterocycles. The minimum absolute atomic E-state index is 1.11. The van der Waals surface area contributed by atoms with Crippen molar-refractivity contribution in [3.63, 3.8) is 0 Å². The van der Waals surface area contributed by atoms with Crippen molar-refractivity contribution in [2.75, 3.05) is 4.90 Å². The Kier molecular flexibility index (Phi) is 9.01. The van der Waals surface area contributed by atoms with Crippen LogP contribution >= 0.6 is 0 Å². The van der Waals surface area contributed by atoms with E-state index >= 15 is 0 Å². The molecule has 2 heteroatoms. The molecular formula is C56H42N2. The van der Waals surface area contributed by atoms with Gasteiger partial charge in [-0.1, -0.05) is 152 Å². The molecule has 2 nitrogen and oxygen atoms in total. The lowest BCUT2D eigenvalue weighted by Gasteiger charge is -2.27. The number of benzene rings is 9. The van der Waals surface area contributed by atoms with Crippen LogP contribution in [0.2, 0.25) is 0 Å². The zero-order chi connectivity index (χ0) is 39.0. The first kappa shape index (κ1) is 35.0. The molecule has 0 spiro atoms. The van der Waals surface area contributed by atoms with Crippen LogP contribution in [-0.4, -0.2) is 4.57 Å². The first-order valence-corrected chi connectivity index (χ1v) is 20.0. The summed E-state index contributed by atoms with van der Waals surface area (Å²) >= 11 is 0. The summed E-state index contributed by atoms with van der Waals surface area (Å²) in [5, 5.41) is 2.49. The van der Waals surface area contributed by atoms with Gasteiger partial charge in [-0.3, -0.25) is 0 Å². The van der Waals surface area contributed by atoms with E-state index in [4.69, 9.17) is 0 Å². The number of aromatic nitrogens is 1. The van der Waals surface area contributed by atoms with Crippen LogP contribution in [-0.2, 0) is 0 Å². The van der Waals surface area contributed by atoms with Crippen molar-refractivity contribution in [3.8, 4) is 50.2 Å². The van der Waals surface area contributed by atoms with Crippen LogP contribution in [0.1, 0.15) is 11.1 Å². The van der Waals surface area contributed by atoms with Crippen molar-refractivity contribution in [1.29, 1.82) is 0 Å². The Hall–Kier alpha value is -7.42. The minimum atomic E-state index is 1.11. The number of hydrogen-bond donors (Lipinski definition) is 0. The molecular weight excluding hydrogens is 701 g/mol. The second-order valence-electron chi connectivity index (χ2n) is 15.1. The highest BCUT2D eigenvalue weighted by Crippen LogP contribution is 2.40. The molecule has 10 aromatic rings. The number of anilines is 3. The van der Waals surface area contributed by atoms with Gasteiger partial charge in [0.15, 0.2) is 0 Å². The molecule has 9 aromatic carbocycles. The number of hydrogen-bond acceptors (Lipinski definition) is 1. The van der Waals surface area contributed by atoms with Crippen LogP contribution in [0, 0.1) is 13.8 Å². The Morgan fingerprint density at radius 1 is 0.310 bits per heavy atom. The smallest absolute Gasteiger partial charge is 0.0541 e. The van der Waals surface area contributed by atoms with Gasteiger partial charge < -0.3 is 9.47 Å². The van der Waals surface area contributed by atoms with Gasteiger partial charge >= 0.3 is 0 Å². The fraction of sp³-hybridized carbons (Fsp3) is 0.0357. The van der Waals surface area contributed by atoms with Crippen LogP contribution in [0.15, 0.2) is 218 Å². The van der Waals surface area contributed by atoms with Crippen molar-refractivity contribution in [3.05, 3.63) is 230 Å². The lowest BCUT2D eigenvalue weighted by atomic mass is 9.96. The lowest BCUT2D eigenvalue weighted by Crippen LogP contribution is -2.10. The summed E-state index contributed by atoms with van der Waals surface area (Å²) in [7, 11) is 0. The van der Waals surface area contributed by atoms with Gasteiger partial charge in [0, 0.05) is 33.5 Å². The number of nitrogens with zero attached hydrogens (tertiary/aromatic N) is 2. The van der Waals surface area contributed by atoms with Gasteiger partial charge in [-0.25, -0.2) is 0 Å². The third-order valence-corrected chi connectivity index (χ3v) is 11.5. The van der Waals surface area contributed by atoms with E-state index in [1.54, 1.807) is 0 Å². The molecule has 0 amide bonds.